The van der Waals surface area contributed by atoms with Gasteiger partial charge in [0.2, 0.25) is 5.91 Å². The van der Waals surface area contributed by atoms with Crippen molar-refractivity contribution >= 4 is 34.3 Å². The van der Waals surface area contributed by atoms with Crippen molar-refractivity contribution in [2.24, 2.45) is 0 Å². The highest BCUT2D eigenvalue weighted by Crippen LogP contribution is 2.36. The highest BCUT2D eigenvalue weighted by atomic mass is 32.2. The molecule has 2 heterocycles. The smallest absolute Gasteiger partial charge is 0.273 e. The van der Waals surface area contributed by atoms with Crippen LogP contribution in [0.5, 0.6) is 0 Å². The fourth-order valence-corrected chi connectivity index (χ4v) is 4.50. The third-order valence-corrected chi connectivity index (χ3v) is 6.00. The van der Waals surface area contributed by atoms with Gasteiger partial charge >= 0.3 is 0 Å². The number of H-pyrrole nitrogens is 2. The normalized spacial score (nSPS) is 11.1. The lowest BCUT2D eigenvalue weighted by molar-refractivity contribution is -0.119. The number of amides is 1. The van der Waals surface area contributed by atoms with Crippen molar-refractivity contribution in [3.8, 4) is 11.3 Å². The molecule has 1 amide bonds. The molecule has 2 aromatic heterocycles. The number of aryl methyl sites for hydroxylation is 1. The van der Waals surface area contributed by atoms with Crippen molar-refractivity contribution in [2.75, 3.05) is 19.0 Å². The molecule has 0 atom stereocenters. The van der Waals surface area contributed by atoms with Gasteiger partial charge in [0.15, 0.2) is 0 Å². The summed E-state index contributed by atoms with van der Waals surface area (Å²) in [6, 6.07) is 17.5. The minimum Gasteiger partial charge on any atom is -0.375 e. The number of carbonyl (C=O) groups is 1. The number of hydrogen-bond acceptors (Lipinski definition) is 5. The van der Waals surface area contributed by atoms with Gasteiger partial charge in [-0.2, -0.15) is 0 Å². The van der Waals surface area contributed by atoms with E-state index in [1.165, 1.54) is 7.11 Å². The van der Waals surface area contributed by atoms with Crippen LogP contribution in [-0.2, 0) is 16.0 Å². The van der Waals surface area contributed by atoms with Crippen LogP contribution in [0.2, 0.25) is 0 Å². The van der Waals surface area contributed by atoms with Crippen LogP contribution in [-0.4, -0.2) is 34.8 Å². The summed E-state index contributed by atoms with van der Waals surface area (Å²) in [6.07, 6.45) is 1.69. The molecule has 8 heteroatoms. The molecule has 0 spiro atoms. The van der Waals surface area contributed by atoms with Gasteiger partial charge in [0.25, 0.3) is 5.56 Å². The van der Waals surface area contributed by atoms with E-state index >= 15 is 0 Å². The number of hydrogen-bond donors (Lipinski definition) is 3. The lowest BCUT2D eigenvalue weighted by atomic mass is 10.1. The molecule has 0 aliphatic carbocycles. The summed E-state index contributed by atoms with van der Waals surface area (Å²) in [5, 5.41) is 9.50. The monoisotopic (exact) mass is 448 g/mol. The molecule has 0 bridgehead atoms. The number of pyridine rings is 1. The number of aromatic nitrogens is 3. The molecular weight excluding hydrogens is 424 g/mol. The zero-order valence-electron chi connectivity index (χ0n) is 17.9. The number of anilines is 1. The maximum Gasteiger partial charge on any atom is 0.273 e. The standard InChI is InChI=1S/C24H24N4O3S/c1-3-6-19-23(24(30)28-27-19)20-13-21(17-7-4-5-8-18(17)26-20)32-16-11-9-15(10-12-16)25-22(29)14-31-2/h4-5,7-13H,3,6,14H2,1-2H3,(H,25,29)(H2,27,28,30). The highest BCUT2D eigenvalue weighted by Gasteiger charge is 2.16. The minimum absolute atomic E-state index is 0.0145. The fourth-order valence-electron chi connectivity index (χ4n) is 3.52. The quantitative estimate of drug-likeness (QED) is 0.366. The van der Waals surface area contributed by atoms with Gasteiger partial charge in [0.05, 0.1) is 16.8 Å². The zero-order valence-corrected chi connectivity index (χ0v) is 18.7. The van der Waals surface area contributed by atoms with E-state index in [9.17, 15) is 9.59 Å². The number of benzene rings is 2. The van der Waals surface area contributed by atoms with Gasteiger partial charge in [-0.3, -0.25) is 14.7 Å². The van der Waals surface area contributed by atoms with Gasteiger partial charge in [-0.25, -0.2) is 4.98 Å². The molecule has 7 nitrogen and oxygen atoms in total. The van der Waals surface area contributed by atoms with E-state index in [-0.39, 0.29) is 18.1 Å². The van der Waals surface area contributed by atoms with Crippen molar-refractivity contribution in [1.29, 1.82) is 0 Å². The fraction of sp³-hybridized carbons (Fsp3) is 0.208. The number of ether oxygens (including phenoxy) is 1. The third-order valence-electron chi connectivity index (χ3n) is 4.93. The summed E-state index contributed by atoms with van der Waals surface area (Å²) in [4.78, 5) is 31.0. The Bertz CT molecular complexity index is 1290. The van der Waals surface area contributed by atoms with Crippen molar-refractivity contribution in [1.82, 2.24) is 15.2 Å². The number of aromatic amines is 2. The van der Waals surface area contributed by atoms with E-state index in [4.69, 9.17) is 9.72 Å². The second-order valence-corrected chi connectivity index (χ2v) is 8.43. The summed E-state index contributed by atoms with van der Waals surface area (Å²) in [5.74, 6) is -0.197. The number of carbonyl (C=O) groups excluding carboxylic acids is 1. The average molecular weight is 449 g/mol. The van der Waals surface area contributed by atoms with Gasteiger partial charge in [0, 0.05) is 33.7 Å². The molecule has 0 saturated carbocycles. The van der Waals surface area contributed by atoms with Crippen LogP contribution in [0.4, 0.5) is 5.69 Å². The SMILES string of the molecule is CCCc1[nH][nH]c(=O)c1-c1cc(Sc2ccc(NC(=O)COC)cc2)c2ccccc2n1. The molecule has 0 radical (unpaired) electrons. The van der Waals surface area contributed by atoms with E-state index in [0.29, 0.717) is 16.9 Å². The molecule has 32 heavy (non-hydrogen) atoms. The summed E-state index contributed by atoms with van der Waals surface area (Å²) in [6.45, 7) is 2.09. The van der Waals surface area contributed by atoms with E-state index in [2.05, 4.69) is 22.4 Å². The van der Waals surface area contributed by atoms with Gasteiger partial charge in [-0.1, -0.05) is 43.3 Å². The van der Waals surface area contributed by atoms with Crippen LogP contribution in [0.25, 0.3) is 22.2 Å². The molecule has 4 aromatic rings. The molecule has 0 aliphatic heterocycles. The lowest BCUT2D eigenvalue weighted by Gasteiger charge is -2.10. The van der Waals surface area contributed by atoms with Crippen LogP contribution in [0.3, 0.4) is 0 Å². The number of nitrogens with one attached hydrogen (secondary N) is 3. The van der Waals surface area contributed by atoms with Crippen molar-refractivity contribution in [3.05, 3.63) is 70.6 Å². The van der Waals surface area contributed by atoms with Crippen LogP contribution in [0, 0.1) is 0 Å². The first-order valence-corrected chi connectivity index (χ1v) is 11.2. The molecule has 0 aliphatic rings. The Kier molecular flexibility index (Phi) is 6.72. The first kappa shape index (κ1) is 21.9. The number of rotatable bonds is 8. The Balaban J connectivity index is 1.69. The highest BCUT2D eigenvalue weighted by molar-refractivity contribution is 7.99. The van der Waals surface area contributed by atoms with E-state index < -0.39 is 0 Å². The summed E-state index contributed by atoms with van der Waals surface area (Å²) < 4.78 is 4.84. The third kappa shape index (κ3) is 4.76. The topological polar surface area (TPSA) is 99.9 Å². The van der Waals surface area contributed by atoms with Gasteiger partial charge in [-0.15, -0.1) is 0 Å². The Morgan fingerprint density at radius 3 is 2.66 bits per heavy atom. The first-order chi connectivity index (χ1) is 15.6. The molecular formula is C24H24N4O3S. The van der Waals surface area contributed by atoms with E-state index in [0.717, 1.165) is 39.2 Å². The molecule has 0 unspecified atom stereocenters. The maximum atomic E-state index is 12.5. The van der Waals surface area contributed by atoms with Crippen LogP contribution < -0.4 is 10.9 Å². The number of nitrogens with zero attached hydrogens (tertiary/aromatic N) is 1. The zero-order chi connectivity index (χ0) is 22.5. The van der Waals surface area contributed by atoms with Gasteiger partial charge in [0.1, 0.15) is 6.61 Å². The predicted molar refractivity (Wildman–Crippen MR) is 127 cm³/mol. The Labute approximate surface area is 189 Å². The second kappa shape index (κ2) is 9.84. The largest absolute Gasteiger partial charge is 0.375 e. The summed E-state index contributed by atoms with van der Waals surface area (Å²) in [7, 11) is 1.49. The van der Waals surface area contributed by atoms with Crippen LogP contribution in [0.1, 0.15) is 19.0 Å². The van der Waals surface area contributed by atoms with Gasteiger partial charge in [-0.05, 0) is 42.8 Å². The number of methoxy groups -OCH3 is 1. The van der Waals surface area contributed by atoms with E-state index in [1.54, 1.807) is 11.8 Å². The molecule has 3 N–H and O–H groups in total. The van der Waals surface area contributed by atoms with Crippen molar-refractivity contribution in [2.45, 2.75) is 29.6 Å². The molecule has 2 aromatic carbocycles. The molecule has 4 rings (SSSR count). The summed E-state index contributed by atoms with van der Waals surface area (Å²) in [5.41, 5.74) is 3.49. The van der Waals surface area contributed by atoms with Crippen LogP contribution >= 0.6 is 11.8 Å². The summed E-state index contributed by atoms with van der Waals surface area (Å²) >= 11 is 1.59. The van der Waals surface area contributed by atoms with Crippen molar-refractivity contribution < 1.29 is 9.53 Å². The molecule has 0 fully saturated rings. The predicted octanol–water partition coefficient (Wildman–Crippen LogP) is 4.61. The second-order valence-electron chi connectivity index (χ2n) is 7.31. The Hall–Kier alpha value is -3.36. The number of para-hydroxylation sites is 1. The molecule has 164 valence electrons. The lowest BCUT2D eigenvalue weighted by Crippen LogP contribution is -2.16. The number of fused-ring (bicyclic) bond motifs is 1. The Morgan fingerprint density at radius 2 is 1.91 bits per heavy atom. The maximum absolute atomic E-state index is 12.5. The minimum atomic E-state index is -0.197. The first-order valence-electron chi connectivity index (χ1n) is 10.4. The van der Waals surface area contributed by atoms with Crippen LogP contribution in [0.15, 0.2) is 69.2 Å². The average Bonchev–Trinajstić information content (AvgIpc) is 3.15. The van der Waals surface area contributed by atoms with Gasteiger partial charge < -0.3 is 15.2 Å². The Morgan fingerprint density at radius 1 is 1.12 bits per heavy atom. The van der Waals surface area contributed by atoms with E-state index in [1.807, 2.05) is 54.6 Å². The molecule has 0 saturated heterocycles. The van der Waals surface area contributed by atoms with Crippen molar-refractivity contribution in [3.63, 3.8) is 0 Å².